The normalized spacial score (nSPS) is 9.91. The van der Waals surface area contributed by atoms with Gasteiger partial charge in [-0.25, -0.2) is 4.98 Å². The quantitative estimate of drug-likeness (QED) is 0.728. The first-order chi connectivity index (χ1) is 11.3. The summed E-state index contributed by atoms with van der Waals surface area (Å²) in [4.78, 5) is 19.3. The highest BCUT2D eigenvalue weighted by Gasteiger charge is 2.07. The zero-order chi connectivity index (χ0) is 16.5. The van der Waals surface area contributed by atoms with Gasteiger partial charge in [0.2, 0.25) is 5.95 Å². The number of rotatable bonds is 8. The summed E-state index contributed by atoms with van der Waals surface area (Å²) < 4.78 is 0. The first-order valence-corrected chi connectivity index (χ1v) is 7.57. The smallest absolute Gasteiger partial charge is 0.229 e. The van der Waals surface area contributed by atoms with Gasteiger partial charge in [0.15, 0.2) is 0 Å². The van der Waals surface area contributed by atoms with Crippen molar-refractivity contribution >= 4 is 23.7 Å². The van der Waals surface area contributed by atoms with Gasteiger partial charge in [0.25, 0.3) is 0 Å². The van der Waals surface area contributed by atoms with Crippen LogP contribution < -0.4 is 10.6 Å². The Labute approximate surface area is 135 Å². The second kappa shape index (κ2) is 8.49. The summed E-state index contributed by atoms with van der Waals surface area (Å²) in [6.45, 7) is 2.89. The third-order valence-corrected chi connectivity index (χ3v) is 3.21. The Hall–Kier alpha value is -2.94. The fourth-order valence-corrected chi connectivity index (χ4v) is 2.02. The predicted octanol–water partition coefficient (Wildman–Crippen LogP) is 3.05. The van der Waals surface area contributed by atoms with Crippen molar-refractivity contribution in [3.63, 3.8) is 0 Å². The minimum Gasteiger partial charge on any atom is -0.370 e. The van der Waals surface area contributed by atoms with E-state index in [4.69, 9.17) is 5.26 Å². The van der Waals surface area contributed by atoms with E-state index in [-0.39, 0.29) is 0 Å². The van der Waals surface area contributed by atoms with Gasteiger partial charge in [0.1, 0.15) is 12.1 Å². The number of benzene rings is 1. The van der Waals surface area contributed by atoms with Gasteiger partial charge in [0.05, 0.1) is 11.6 Å². The van der Waals surface area contributed by atoms with Crippen LogP contribution in [0.2, 0.25) is 0 Å². The average Bonchev–Trinajstić information content (AvgIpc) is 2.59. The van der Waals surface area contributed by atoms with Crippen molar-refractivity contribution in [3.05, 3.63) is 41.6 Å². The Morgan fingerprint density at radius 1 is 1.30 bits per heavy atom. The number of hydrogen-bond donors (Lipinski definition) is 2. The molecule has 0 aliphatic rings. The number of carbonyl (C=O) groups is 1. The average molecular weight is 309 g/mol. The highest BCUT2D eigenvalue weighted by molar-refractivity contribution is 5.58. The van der Waals surface area contributed by atoms with E-state index in [0.717, 1.165) is 36.3 Å². The minimum atomic E-state index is 0.451. The monoisotopic (exact) mass is 309 g/mol. The standard InChI is InChI=1S/C17H19N5O/c1-2-9-19-16-14(4-3-10-23)12-20-17(22-16)21-15-7-5-13(11-18)6-8-15/h5-8,10,12H,2-4,9H2,1H3,(H2,19,20,21,22). The second-order valence-electron chi connectivity index (χ2n) is 5.01. The van der Waals surface area contributed by atoms with E-state index in [1.54, 1.807) is 30.5 Å². The first-order valence-electron chi connectivity index (χ1n) is 7.57. The summed E-state index contributed by atoms with van der Waals surface area (Å²) in [6.07, 6.45) is 4.68. The summed E-state index contributed by atoms with van der Waals surface area (Å²) in [5.41, 5.74) is 2.34. The van der Waals surface area contributed by atoms with Gasteiger partial charge < -0.3 is 15.4 Å². The lowest BCUT2D eigenvalue weighted by Crippen LogP contribution is -2.08. The SMILES string of the molecule is CCCNc1nc(Nc2ccc(C#N)cc2)ncc1CCC=O. The van der Waals surface area contributed by atoms with E-state index < -0.39 is 0 Å². The number of nitrogens with one attached hydrogen (secondary N) is 2. The Kier molecular flexibility index (Phi) is 6.07. The number of anilines is 3. The zero-order valence-corrected chi connectivity index (χ0v) is 13.0. The second-order valence-corrected chi connectivity index (χ2v) is 5.01. The molecule has 6 heteroatoms. The highest BCUT2D eigenvalue weighted by atomic mass is 16.1. The summed E-state index contributed by atoms with van der Waals surface area (Å²) in [6, 6.07) is 9.16. The molecule has 23 heavy (non-hydrogen) atoms. The molecule has 0 radical (unpaired) electrons. The van der Waals surface area contributed by atoms with Gasteiger partial charge in [-0.3, -0.25) is 0 Å². The van der Waals surface area contributed by atoms with Gasteiger partial charge in [-0.1, -0.05) is 6.92 Å². The lowest BCUT2D eigenvalue weighted by molar-refractivity contribution is -0.107. The van der Waals surface area contributed by atoms with Crippen LogP contribution in [-0.4, -0.2) is 22.8 Å². The van der Waals surface area contributed by atoms with E-state index in [2.05, 4.69) is 33.6 Å². The number of aldehydes is 1. The van der Waals surface area contributed by atoms with Crippen LogP contribution in [0.5, 0.6) is 0 Å². The fraction of sp³-hybridized carbons (Fsp3) is 0.294. The van der Waals surface area contributed by atoms with Crippen LogP contribution in [0.4, 0.5) is 17.5 Å². The third-order valence-electron chi connectivity index (χ3n) is 3.21. The highest BCUT2D eigenvalue weighted by Crippen LogP contribution is 2.19. The molecule has 0 amide bonds. The predicted molar refractivity (Wildman–Crippen MR) is 89.6 cm³/mol. The molecule has 1 aromatic heterocycles. The van der Waals surface area contributed by atoms with Gasteiger partial charge in [-0.05, 0) is 37.1 Å². The molecule has 118 valence electrons. The Bertz CT molecular complexity index is 691. The Morgan fingerprint density at radius 2 is 2.09 bits per heavy atom. The van der Waals surface area contributed by atoms with Crippen LogP contribution in [0.15, 0.2) is 30.5 Å². The molecule has 1 aromatic carbocycles. The molecule has 0 saturated heterocycles. The fourth-order valence-electron chi connectivity index (χ4n) is 2.02. The van der Waals surface area contributed by atoms with E-state index in [1.165, 1.54) is 0 Å². The molecule has 0 fully saturated rings. The Morgan fingerprint density at radius 3 is 2.74 bits per heavy atom. The topological polar surface area (TPSA) is 90.7 Å². The molecular weight excluding hydrogens is 290 g/mol. The van der Waals surface area contributed by atoms with Gasteiger partial charge in [0, 0.05) is 30.4 Å². The molecule has 0 spiro atoms. The molecule has 0 aliphatic carbocycles. The molecule has 2 rings (SSSR count). The van der Waals surface area contributed by atoms with Crippen molar-refractivity contribution < 1.29 is 4.79 Å². The van der Waals surface area contributed by atoms with E-state index in [0.29, 0.717) is 24.4 Å². The van der Waals surface area contributed by atoms with E-state index in [9.17, 15) is 4.79 Å². The van der Waals surface area contributed by atoms with Crippen LogP contribution >= 0.6 is 0 Å². The van der Waals surface area contributed by atoms with Crippen molar-refractivity contribution in [2.24, 2.45) is 0 Å². The molecule has 0 atom stereocenters. The van der Waals surface area contributed by atoms with Crippen molar-refractivity contribution in [1.29, 1.82) is 5.26 Å². The van der Waals surface area contributed by atoms with Crippen molar-refractivity contribution in [3.8, 4) is 6.07 Å². The molecular formula is C17H19N5O. The Balaban J connectivity index is 2.17. The molecule has 2 aromatic rings. The molecule has 2 N–H and O–H groups in total. The molecule has 6 nitrogen and oxygen atoms in total. The maximum absolute atomic E-state index is 10.6. The molecule has 1 heterocycles. The largest absolute Gasteiger partial charge is 0.370 e. The number of nitrogens with zero attached hydrogens (tertiary/aromatic N) is 3. The molecule has 0 saturated carbocycles. The van der Waals surface area contributed by atoms with Crippen LogP contribution in [0.25, 0.3) is 0 Å². The minimum absolute atomic E-state index is 0.451. The third kappa shape index (κ3) is 4.78. The zero-order valence-electron chi connectivity index (χ0n) is 13.0. The van der Waals surface area contributed by atoms with Gasteiger partial charge >= 0.3 is 0 Å². The maximum atomic E-state index is 10.6. The number of aryl methyl sites for hydroxylation is 1. The lowest BCUT2D eigenvalue weighted by atomic mass is 10.2. The van der Waals surface area contributed by atoms with Crippen LogP contribution in [-0.2, 0) is 11.2 Å². The van der Waals surface area contributed by atoms with Crippen molar-refractivity contribution in [1.82, 2.24) is 9.97 Å². The summed E-state index contributed by atoms with van der Waals surface area (Å²) >= 11 is 0. The number of aromatic nitrogens is 2. The van der Waals surface area contributed by atoms with Crippen LogP contribution in [0.3, 0.4) is 0 Å². The lowest BCUT2D eigenvalue weighted by Gasteiger charge is -2.12. The van der Waals surface area contributed by atoms with Crippen LogP contribution in [0.1, 0.15) is 30.9 Å². The van der Waals surface area contributed by atoms with E-state index in [1.807, 2.05) is 0 Å². The number of carbonyl (C=O) groups excluding carboxylic acids is 1. The van der Waals surface area contributed by atoms with Crippen molar-refractivity contribution in [2.75, 3.05) is 17.2 Å². The summed E-state index contributed by atoms with van der Waals surface area (Å²) in [5.74, 6) is 1.23. The number of hydrogen-bond acceptors (Lipinski definition) is 6. The molecule has 0 aliphatic heterocycles. The van der Waals surface area contributed by atoms with Gasteiger partial charge in [-0.15, -0.1) is 0 Å². The summed E-state index contributed by atoms with van der Waals surface area (Å²) in [5, 5.41) is 15.2. The number of nitriles is 1. The summed E-state index contributed by atoms with van der Waals surface area (Å²) in [7, 11) is 0. The molecule has 0 unspecified atom stereocenters. The van der Waals surface area contributed by atoms with Crippen molar-refractivity contribution in [2.45, 2.75) is 26.2 Å². The van der Waals surface area contributed by atoms with E-state index >= 15 is 0 Å². The molecule has 0 bridgehead atoms. The maximum Gasteiger partial charge on any atom is 0.229 e. The van der Waals surface area contributed by atoms with Crippen LogP contribution in [0, 0.1) is 11.3 Å². The van der Waals surface area contributed by atoms with Gasteiger partial charge in [-0.2, -0.15) is 10.2 Å². The first kappa shape index (κ1) is 16.4.